The van der Waals surface area contributed by atoms with Crippen molar-refractivity contribution in [2.45, 2.75) is 139 Å². The van der Waals surface area contributed by atoms with Crippen molar-refractivity contribution in [1.29, 1.82) is 0 Å². The van der Waals surface area contributed by atoms with Gasteiger partial charge in [0.2, 0.25) is 0 Å². The first-order valence-electron chi connectivity index (χ1n) is 20.0. The van der Waals surface area contributed by atoms with E-state index in [0.29, 0.717) is 34.5 Å². The fourth-order valence-corrected chi connectivity index (χ4v) is 13.3. The summed E-state index contributed by atoms with van der Waals surface area (Å²) in [6.07, 6.45) is 20.1. The Bertz CT molecular complexity index is 1320. The van der Waals surface area contributed by atoms with Crippen LogP contribution in [0.3, 0.4) is 0 Å². The number of hydrogen-bond acceptors (Lipinski definition) is 3. The van der Waals surface area contributed by atoms with Crippen molar-refractivity contribution in [3.63, 3.8) is 0 Å². The fraction of sp³-hybridized carbons (Fsp3) is 0.756. The largest absolute Gasteiger partial charge is 0.493 e. The number of fused-ring (bicyclic) bond motifs is 7. The van der Waals surface area contributed by atoms with E-state index in [-0.39, 0.29) is 5.78 Å². The molecule has 1 aromatic rings. The van der Waals surface area contributed by atoms with Gasteiger partial charge in [0, 0.05) is 6.42 Å². The number of methoxy groups -OCH3 is 2. The second kappa shape index (κ2) is 14.7. The van der Waals surface area contributed by atoms with E-state index in [1.807, 2.05) is 32.1 Å². The van der Waals surface area contributed by atoms with Crippen molar-refractivity contribution >= 4 is 11.9 Å². The van der Waals surface area contributed by atoms with Gasteiger partial charge in [0.25, 0.3) is 0 Å². The van der Waals surface area contributed by atoms with Crippen molar-refractivity contribution < 1.29 is 14.3 Å². The minimum Gasteiger partial charge on any atom is -0.493 e. The number of carbonyl (C=O) groups excluding carboxylic acids is 1. The van der Waals surface area contributed by atoms with Gasteiger partial charge in [-0.25, -0.2) is 0 Å². The summed E-state index contributed by atoms with van der Waals surface area (Å²) in [5, 5.41) is 0. The van der Waals surface area contributed by atoms with Gasteiger partial charge in [0.15, 0.2) is 17.3 Å². The van der Waals surface area contributed by atoms with Crippen LogP contribution >= 0.6 is 0 Å². The molecular formula is C45H70O3. The van der Waals surface area contributed by atoms with Crippen molar-refractivity contribution in [2.24, 2.45) is 63.6 Å². The van der Waals surface area contributed by atoms with Crippen LogP contribution in [-0.2, 0) is 11.2 Å². The predicted octanol–water partition coefficient (Wildman–Crippen LogP) is 12.2. The first-order chi connectivity index (χ1) is 22.9. The summed E-state index contributed by atoms with van der Waals surface area (Å²) in [6.45, 7) is 23.6. The molecule has 0 N–H and O–H groups in total. The molecule has 10 unspecified atom stereocenters. The molecule has 3 heteroatoms. The van der Waals surface area contributed by atoms with Gasteiger partial charge in [0.1, 0.15) is 0 Å². The van der Waals surface area contributed by atoms with Crippen LogP contribution in [0.5, 0.6) is 11.5 Å². The maximum atomic E-state index is 13.5. The van der Waals surface area contributed by atoms with Crippen molar-refractivity contribution in [2.75, 3.05) is 14.2 Å². The lowest BCUT2D eigenvalue weighted by molar-refractivity contribution is -0.191. The summed E-state index contributed by atoms with van der Waals surface area (Å²) in [7, 11) is 3.36. The maximum Gasteiger partial charge on any atom is 0.163 e. The third-order valence-corrected chi connectivity index (χ3v) is 15.7. The molecule has 0 saturated heterocycles. The first kappa shape index (κ1) is 37.2. The van der Waals surface area contributed by atoms with Crippen molar-refractivity contribution in [3.8, 4) is 11.5 Å². The number of rotatable bonds is 9. The Morgan fingerprint density at radius 2 is 1.58 bits per heavy atom. The molecule has 0 amide bonds. The van der Waals surface area contributed by atoms with Crippen LogP contribution in [-0.4, -0.2) is 20.0 Å². The lowest BCUT2D eigenvalue weighted by Crippen LogP contribution is -2.61. The summed E-state index contributed by atoms with van der Waals surface area (Å²) in [6, 6.07) is 4.10. The zero-order valence-corrected chi connectivity index (χ0v) is 32.6. The van der Waals surface area contributed by atoms with E-state index in [4.69, 9.17) is 9.47 Å². The Morgan fingerprint density at radius 3 is 2.25 bits per heavy atom. The van der Waals surface area contributed by atoms with Crippen LogP contribution in [0.1, 0.15) is 144 Å². The van der Waals surface area contributed by atoms with E-state index in [1.54, 1.807) is 14.2 Å². The molecule has 11 atom stereocenters. The highest BCUT2D eigenvalue weighted by atomic mass is 16.5. The van der Waals surface area contributed by atoms with Crippen LogP contribution < -0.4 is 9.47 Å². The topological polar surface area (TPSA) is 35.5 Å². The average molecular weight is 659 g/mol. The molecule has 0 spiro atoms. The standard InChI is InChI=1S/C43H64O3.C2H6/c1-10-31-25-30(26-37(45-8)40(31)46-9)11-12-32(44)16-22-43-23-17-33(27(2)3)39(43)34-13-14-38-41(6)20-15-28(4)29(5)35(41)18-21-42(38,7)36(34)19-24-43;1-2/h11-12,25-26,28-29,33-36,38-39H,2,10,13-24H2,1,3-9H3;1-2H3/b12-11+;/t28?,29?,33-,34?,35?,36?,38?,39?,41?,42?,43?;/m0./s1. The van der Waals surface area contributed by atoms with Gasteiger partial charge in [-0.15, -0.1) is 0 Å². The van der Waals surface area contributed by atoms with Gasteiger partial charge in [-0.05, 0) is 177 Å². The minimum absolute atomic E-state index is 0.254. The number of allylic oxidation sites excluding steroid dienone is 2. The third kappa shape index (κ3) is 6.25. The van der Waals surface area contributed by atoms with E-state index in [9.17, 15) is 4.79 Å². The highest BCUT2D eigenvalue weighted by Crippen LogP contribution is 2.73. The molecule has 5 aliphatic carbocycles. The van der Waals surface area contributed by atoms with Crippen LogP contribution in [0.2, 0.25) is 0 Å². The zero-order chi connectivity index (χ0) is 35.0. The second-order valence-corrected chi connectivity index (χ2v) is 17.4. The number of ether oxygens (including phenoxy) is 2. The monoisotopic (exact) mass is 659 g/mol. The fourth-order valence-electron chi connectivity index (χ4n) is 13.3. The van der Waals surface area contributed by atoms with Gasteiger partial charge in [0.05, 0.1) is 14.2 Å². The van der Waals surface area contributed by atoms with E-state index in [2.05, 4.69) is 54.2 Å². The Balaban J connectivity index is 0.00000221. The molecule has 0 heterocycles. The Kier molecular flexibility index (Phi) is 11.4. The highest BCUT2D eigenvalue weighted by molar-refractivity contribution is 5.93. The molecule has 1 aromatic carbocycles. The zero-order valence-electron chi connectivity index (χ0n) is 32.6. The lowest BCUT2D eigenvalue weighted by Gasteiger charge is -2.68. The number of ketones is 1. The quantitative estimate of drug-likeness (QED) is 0.196. The van der Waals surface area contributed by atoms with E-state index in [0.717, 1.165) is 71.0 Å². The van der Waals surface area contributed by atoms with Crippen molar-refractivity contribution in [3.05, 3.63) is 41.5 Å². The first-order valence-corrected chi connectivity index (χ1v) is 20.0. The number of carbonyl (C=O) groups is 1. The Morgan fingerprint density at radius 1 is 0.917 bits per heavy atom. The average Bonchev–Trinajstić information content (AvgIpc) is 3.49. The summed E-state index contributed by atoms with van der Waals surface area (Å²) < 4.78 is 11.2. The lowest BCUT2D eigenvalue weighted by atomic mass is 9.37. The van der Waals surface area contributed by atoms with Crippen molar-refractivity contribution in [1.82, 2.24) is 0 Å². The molecule has 0 aromatic heterocycles. The van der Waals surface area contributed by atoms with E-state index >= 15 is 0 Å². The normalized spacial score (nSPS) is 40.0. The Labute approximate surface area is 295 Å². The predicted molar refractivity (Wildman–Crippen MR) is 202 cm³/mol. The molecule has 3 nitrogen and oxygen atoms in total. The molecule has 5 saturated carbocycles. The van der Waals surface area contributed by atoms with Crippen LogP contribution in [0.25, 0.3) is 6.08 Å². The van der Waals surface area contributed by atoms with Gasteiger partial charge in [-0.3, -0.25) is 4.79 Å². The van der Waals surface area contributed by atoms with Gasteiger partial charge in [-0.2, -0.15) is 0 Å². The molecule has 0 bridgehead atoms. The summed E-state index contributed by atoms with van der Waals surface area (Å²) >= 11 is 0. The van der Waals surface area contributed by atoms with E-state index < -0.39 is 0 Å². The summed E-state index contributed by atoms with van der Waals surface area (Å²) in [4.78, 5) is 13.5. The molecule has 0 aliphatic heterocycles. The highest BCUT2D eigenvalue weighted by Gasteiger charge is 2.65. The molecule has 268 valence electrons. The Hall–Kier alpha value is -2.03. The molecule has 0 radical (unpaired) electrons. The molecular weight excluding hydrogens is 588 g/mol. The second-order valence-electron chi connectivity index (χ2n) is 17.4. The summed E-state index contributed by atoms with van der Waals surface area (Å²) in [5.41, 5.74) is 4.79. The minimum atomic E-state index is 0.254. The number of benzene rings is 1. The molecule has 5 aliphatic rings. The number of aryl methyl sites for hydroxylation is 1. The van der Waals surface area contributed by atoms with E-state index in [1.165, 1.54) is 69.8 Å². The van der Waals surface area contributed by atoms with Gasteiger partial charge in [-0.1, -0.05) is 66.7 Å². The third-order valence-electron chi connectivity index (χ3n) is 15.7. The van der Waals surface area contributed by atoms with Crippen LogP contribution in [0, 0.1) is 63.6 Å². The smallest absolute Gasteiger partial charge is 0.163 e. The van der Waals surface area contributed by atoms with Crippen LogP contribution in [0.15, 0.2) is 30.4 Å². The molecule has 6 rings (SSSR count). The molecule has 48 heavy (non-hydrogen) atoms. The summed E-state index contributed by atoms with van der Waals surface area (Å²) in [5.74, 6) is 8.27. The molecule has 5 fully saturated rings. The maximum absolute atomic E-state index is 13.5. The SMILES string of the molecule is C=C(C)[C@@H]1CCC2(CCC(=O)/C=C/c3cc(CC)c(OC)c(OC)c3)CCC3C(CCC4C5(C)CCC(C)C(C)C5CCC34C)C12.CC. The van der Waals surface area contributed by atoms with Gasteiger partial charge < -0.3 is 9.47 Å². The van der Waals surface area contributed by atoms with Gasteiger partial charge >= 0.3 is 0 Å². The number of hydrogen-bond donors (Lipinski definition) is 0. The van der Waals surface area contributed by atoms with Crippen LogP contribution in [0.4, 0.5) is 0 Å².